The first-order valence-electron chi connectivity index (χ1n) is 5.72. The number of halogens is 4. The summed E-state index contributed by atoms with van der Waals surface area (Å²) >= 11 is 6.06. The average Bonchev–Trinajstić information content (AvgIpc) is 2.44. The first-order chi connectivity index (χ1) is 10.4. The number of rotatable bonds is 2. The molecule has 0 spiro atoms. The molecule has 0 unspecified atom stereocenters. The average molecular weight is 436 g/mol. The van der Waals surface area contributed by atoms with E-state index in [9.17, 15) is 18.4 Å². The van der Waals surface area contributed by atoms with Gasteiger partial charge in [-0.2, -0.15) is 0 Å². The van der Waals surface area contributed by atoms with E-state index in [0.717, 1.165) is 24.3 Å². The third-order valence-corrected chi connectivity index (χ3v) is 3.48. The molecule has 0 aliphatic heterocycles. The highest BCUT2D eigenvalue weighted by Crippen LogP contribution is 2.18. The maximum absolute atomic E-state index is 13.5. The van der Waals surface area contributed by atoms with Crippen molar-refractivity contribution < 1.29 is 28.1 Å². The zero-order valence-corrected chi connectivity index (χ0v) is 13.8. The van der Waals surface area contributed by atoms with Crippen LogP contribution < -0.4 is 0 Å². The Morgan fingerprint density at radius 2 is 1.14 bits per heavy atom. The van der Waals surface area contributed by atoms with Crippen molar-refractivity contribution in [1.82, 2.24) is 0 Å². The maximum Gasteiger partial charge on any atom is 0.389 e. The summed E-state index contributed by atoms with van der Waals surface area (Å²) in [5.74, 6) is -4.14. The second kappa shape index (κ2) is 6.97. The van der Waals surface area contributed by atoms with Gasteiger partial charge < -0.3 is 0 Å². The summed E-state index contributed by atoms with van der Waals surface area (Å²) in [6, 6.07) is 7.22. The molecule has 0 aliphatic rings. The first-order valence-corrected chi connectivity index (χ1v) is 7.30. The SMILES string of the molecule is O=C(OOC(=O)c1ccc(Br)cc1F)c1ccc(Br)cc1F. The third kappa shape index (κ3) is 3.89. The maximum atomic E-state index is 13.5. The number of carbonyl (C=O) groups excluding carboxylic acids is 2. The molecule has 4 nitrogen and oxygen atoms in total. The third-order valence-electron chi connectivity index (χ3n) is 2.50. The lowest BCUT2D eigenvalue weighted by Crippen LogP contribution is -2.14. The number of hydrogen-bond acceptors (Lipinski definition) is 4. The van der Waals surface area contributed by atoms with E-state index in [4.69, 9.17) is 0 Å². The van der Waals surface area contributed by atoms with Gasteiger partial charge in [0.25, 0.3) is 0 Å². The van der Waals surface area contributed by atoms with Crippen LogP contribution in [0.3, 0.4) is 0 Å². The van der Waals surface area contributed by atoms with Crippen LogP contribution in [0.1, 0.15) is 20.7 Å². The van der Waals surface area contributed by atoms with Crippen molar-refractivity contribution in [2.75, 3.05) is 0 Å². The highest BCUT2D eigenvalue weighted by Gasteiger charge is 2.20. The molecule has 0 N–H and O–H groups in total. The molecule has 0 saturated heterocycles. The summed E-state index contributed by atoms with van der Waals surface area (Å²) < 4.78 is 27.9. The van der Waals surface area contributed by atoms with Gasteiger partial charge >= 0.3 is 11.9 Å². The Morgan fingerprint density at radius 1 is 0.773 bits per heavy atom. The zero-order valence-electron chi connectivity index (χ0n) is 10.6. The molecule has 114 valence electrons. The van der Waals surface area contributed by atoms with Gasteiger partial charge in [-0.3, -0.25) is 0 Å². The van der Waals surface area contributed by atoms with Crippen molar-refractivity contribution in [3.05, 3.63) is 68.1 Å². The molecule has 8 heteroatoms. The van der Waals surface area contributed by atoms with Crippen LogP contribution in [-0.2, 0) is 9.78 Å². The van der Waals surface area contributed by atoms with Crippen LogP contribution in [0.5, 0.6) is 0 Å². The molecule has 0 amide bonds. The van der Waals surface area contributed by atoms with Crippen molar-refractivity contribution >= 4 is 43.8 Å². The fourth-order valence-electron chi connectivity index (χ4n) is 1.48. The molecular weight excluding hydrogens is 430 g/mol. The van der Waals surface area contributed by atoms with Gasteiger partial charge in [-0.15, -0.1) is 0 Å². The van der Waals surface area contributed by atoms with Crippen molar-refractivity contribution in [2.24, 2.45) is 0 Å². The van der Waals surface area contributed by atoms with Crippen molar-refractivity contribution in [2.45, 2.75) is 0 Å². The van der Waals surface area contributed by atoms with E-state index >= 15 is 0 Å². The van der Waals surface area contributed by atoms with Crippen LogP contribution in [-0.4, -0.2) is 11.9 Å². The second-order valence-electron chi connectivity index (χ2n) is 3.99. The van der Waals surface area contributed by atoms with Gasteiger partial charge in [0.05, 0.1) is 11.1 Å². The largest absolute Gasteiger partial charge is 0.389 e. The summed E-state index contributed by atoms with van der Waals surface area (Å²) in [5.41, 5.74) is -0.848. The van der Waals surface area contributed by atoms with Crippen LogP contribution in [0.25, 0.3) is 0 Å². The number of hydrogen-bond donors (Lipinski definition) is 0. The molecule has 0 fully saturated rings. The van der Waals surface area contributed by atoms with E-state index in [1.54, 1.807) is 0 Å². The molecule has 0 aromatic heterocycles. The summed E-state index contributed by atoms with van der Waals surface area (Å²) in [5, 5.41) is 0. The van der Waals surface area contributed by atoms with E-state index in [1.807, 2.05) is 0 Å². The lowest BCUT2D eigenvalue weighted by atomic mass is 10.2. The Kier molecular flexibility index (Phi) is 5.25. The number of carbonyl (C=O) groups is 2. The predicted molar refractivity (Wildman–Crippen MR) is 79.0 cm³/mol. The van der Waals surface area contributed by atoms with Crippen LogP contribution in [0.4, 0.5) is 8.78 Å². The first kappa shape index (κ1) is 16.6. The van der Waals surface area contributed by atoms with Crippen LogP contribution in [0, 0.1) is 11.6 Å². The minimum atomic E-state index is -1.21. The predicted octanol–water partition coefficient (Wildman–Crippen LogP) is 4.42. The summed E-state index contributed by atoms with van der Waals surface area (Å²) in [4.78, 5) is 31.6. The second-order valence-corrected chi connectivity index (χ2v) is 5.82. The molecule has 2 aromatic carbocycles. The van der Waals surface area contributed by atoms with Crippen LogP contribution >= 0.6 is 31.9 Å². The minimum absolute atomic E-state index is 0.424. The van der Waals surface area contributed by atoms with Crippen molar-refractivity contribution in [1.29, 1.82) is 0 Å². The Morgan fingerprint density at radius 3 is 1.45 bits per heavy atom. The van der Waals surface area contributed by atoms with Gasteiger partial charge in [0.15, 0.2) is 0 Å². The lowest BCUT2D eigenvalue weighted by molar-refractivity contribution is -0.188. The Hall–Kier alpha value is -1.80. The summed E-state index contributed by atoms with van der Waals surface area (Å²) in [6.07, 6.45) is 0. The lowest BCUT2D eigenvalue weighted by Gasteiger charge is -2.05. The molecule has 0 atom stereocenters. The molecule has 0 aliphatic carbocycles. The standard InChI is InChI=1S/C14H6Br2F2O4/c15-7-1-3-9(11(17)5-7)13(19)21-22-14(20)10-4-2-8(16)6-12(10)18/h1-6H. The Labute approximate surface area is 140 Å². The van der Waals surface area contributed by atoms with Crippen LogP contribution in [0.15, 0.2) is 45.3 Å². The van der Waals surface area contributed by atoms with Gasteiger partial charge in [0, 0.05) is 8.95 Å². The van der Waals surface area contributed by atoms with E-state index in [1.165, 1.54) is 12.1 Å². The quantitative estimate of drug-likeness (QED) is 0.517. The summed E-state index contributed by atoms with van der Waals surface area (Å²) in [7, 11) is 0. The Balaban J connectivity index is 2.06. The monoisotopic (exact) mass is 434 g/mol. The highest BCUT2D eigenvalue weighted by atomic mass is 79.9. The van der Waals surface area contributed by atoms with Crippen molar-refractivity contribution in [3.63, 3.8) is 0 Å². The number of benzene rings is 2. The molecular formula is C14H6Br2F2O4. The summed E-state index contributed by atoms with van der Waals surface area (Å²) in [6.45, 7) is 0. The van der Waals surface area contributed by atoms with Crippen molar-refractivity contribution in [3.8, 4) is 0 Å². The minimum Gasteiger partial charge on any atom is -0.241 e. The van der Waals surface area contributed by atoms with Gasteiger partial charge in [-0.1, -0.05) is 31.9 Å². The smallest absolute Gasteiger partial charge is 0.241 e. The highest BCUT2D eigenvalue weighted by molar-refractivity contribution is 9.10. The van der Waals surface area contributed by atoms with E-state index < -0.39 is 34.7 Å². The molecule has 22 heavy (non-hydrogen) atoms. The zero-order chi connectivity index (χ0) is 16.3. The van der Waals surface area contributed by atoms with Gasteiger partial charge in [0.2, 0.25) is 0 Å². The molecule has 0 saturated carbocycles. The van der Waals surface area contributed by atoms with E-state index in [0.29, 0.717) is 8.95 Å². The van der Waals surface area contributed by atoms with E-state index in [2.05, 4.69) is 41.6 Å². The van der Waals surface area contributed by atoms with Gasteiger partial charge in [0.1, 0.15) is 11.6 Å². The topological polar surface area (TPSA) is 52.6 Å². The fourth-order valence-corrected chi connectivity index (χ4v) is 2.14. The molecule has 0 bridgehead atoms. The fraction of sp³-hybridized carbons (Fsp3) is 0. The molecule has 2 aromatic rings. The van der Waals surface area contributed by atoms with Gasteiger partial charge in [-0.25, -0.2) is 28.1 Å². The molecule has 0 heterocycles. The normalized spacial score (nSPS) is 10.2. The van der Waals surface area contributed by atoms with Gasteiger partial charge in [-0.05, 0) is 36.4 Å². The van der Waals surface area contributed by atoms with E-state index in [-0.39, 0.29) is 0 Å². The Bertz CT molecular complexity index is 686. The molecule has 0 radical (unpaired) electrons. The van der Waals surface area contributed by atoms with Crippen LogP contribution in [0.2, 0.25) is 0 Å². The molecule has 2 rings (SSSR count).